The predicted molar refractivity (Wildman–Crippen MR) is 105 cm³/mol. The maximum absolute atomic E-state index is 14.6. The fourth-order valence-electron chi connectivity index (χ4n) is 3.07. The van der Waals surface area contributed by atoms with Crippen LogP contribution in [0.3, 0.4) is 0 Å². The van der Waals surface area contributed by atoms with Crippen LogP contribution in [0.25, 0.3) is 11.0 Å². The number of benzene rings is 1. The molecule has 12 heteroatoms. The topological polar surface area (TPSA) is 91.8 Å². The van der Waals surface area contributed by atoms with Gasteiger partial charge in [0.1, 0.15) is 18.0 Å². The molecule has 1 aliphatic rings. The lowest BCUT2D eigenvalue weighted by Crippen LogP contribution is -2.38. The number of aliphatic hydroxyl groups excluding tert-OH is 1. The van der Waals surface area contributed by atoms with E-state index in [-0.39, 0.29) is 37.1 Å². The number of hydrogen-bond donors (Lipinski definition) is 3. The lowest BCUT2D eigenvalue weighted by atomic mass is 9.93. The first-order valence-electron chi connectivity index (χ1n) is 9.35. The summed E-state index contributed by atoms with van der Waals surface area (Å²) in [6.45, 7) is 2.02. The number of aliphatic hydroxyl groups is 1. The minimum atomic E-state index is -4.73. The van der Waals surface area contributed by atoms with Gasteiger partial charge >= 0.3 is 6.18 Å². The molecule has 3 aromatic rings. The van der Waals surface area contributed by atoms with Gasteiger partial charge in [-0.15, -0.1) is 0 Å². The number of aromatic amines is 1. The van der Waals surface area contributed by atoms with E-state index in [0.29, 0.717) is 6.20 Å². The van der Waals surface area contributed by atoms with E-state index >= 15 is 0 Å². The highest BCUT2D eigenvalue weighted by atomic mass is 19.4. The Balaban J connectivity index is 1.61. The van der Waals surface area contributed by atoms with Gasteiger partial charge in [0.15, 0.2) is 17.4 Å². The van der Waals surface area contributed by atoms with Gasteiger partial charge < -0.3 is 24.9 Å². The molecule has 3 N–H and O–H groups in total. The molecule has 0 aliphatic carbocycles. The lowest BCUT2D eigenvalue weighted by molar-refractivity contribution is -0.136. The highest BCUT2D eigenvalue weighted by Crippen LogP contribution is 2.41. The third-order valence-corrected chi connectivity index (χ3v) is 4.85. The molecule has 0 bridgehead atoms. The molecule has 1 atom stereocenters. The van der Waals surface area contributed by atoms with Crippen LogP contribution < -0.4 is 10.1 Å². The van der Waals surface area contributed by atoms with E-state index in [0.717, 1.165) is 24.4 Å². The first-order valence-corrected chi connectivity index (χ1v) is 9.35. The number of H-pyrrole nitrogens is 1. The fourth-order valence-corrected chi connectivity index (χ4v) is 3.07. The summed E-state index contributed by atoms with van der Waals surface area (Å²) >= 11 is 0. The van der Waals surface area contributed by atoms with Crippen LogP contribution >= 0.6 is 0 Å². The Labute approximate surface area is 177 Å². The largest absolute Gasteiger partial charge is 0.464 e. The summed E-state index contributed by atoms with van der Waals surface area (Å²) in [4.78, 5) is 10.2. The van der Waals surface area contributed by atoms with E-state index in [1.54, 1.807) is 6.92 Å². The first kappa shape index (κ1) is 21.8. The van der Waals surface area contributed by atoms with Crippen molar-refractivity contribution in [2.45, 2.75) is 13.1 Å². The normalized spacial score (nSPS) is 18.9. The average molecular weight is 456 g/mol. The summed E-state index contributed by atoms with van der Waals surface area (Å²) in [5, 5.41) is 11.5. The molecule has 0 amide bonds. The molecule has 1 aliphatic heterocycles. The molecule has 7 nitrogen and oxygen atoms in total. The number of amidine groups is 1. The number of pyridine rings is 1. The zero-order valence-corrected chi connectivity index (χ0v) is 16.6. The maximum atomic E-state index is 14.6. The fraction of sp³-hybridized carbons (Fsp3) is 0.300. The molecule has 32 heavy (non-hydrogen) atoms. The van der Waals surface area contributed by atoms with Crippen molar-refractivity contribution in [2.75, 3.05) is 25.1 Å². The van der Waals surface area contributed by atoms with Gasteiger partial charge in [0, 0.05) is 35.6 Å². The van der Waals surface area contributed by atoms with Crippen molar-refractivity contribution in [1.82, 2.24) is 9.97 Å². The standard InChI is InChI=1S/C20H17F5N4O3/c1-19(8-30)7-28-18(31-9-19)29-10-4-12(21)16(13(22)5-10)32-14-2-3-26-17-15(14)11(6-27-17)20(23,24)25/h2-6,30H,7-9H2,1H3,(H,26,27)(H,28,29). The van der Waals surface area contributed by atoms with E-state index in [2.05, 4.69) is 20.3 Å². The van der Waals surface area contributed by atoms with Crippen molar-refractivity contribution in [1.29, 1.82) is 0 Å². The molecule has 3 heterocycles. The summed E-state index contributed by atoms with van der Waals surface area (Å²) in [6, 6.07) is 2.88. The second kappa shape index (κ2) is 7.93. The summed E-state index contributed by atoms with van der Waals surface area (Å²) in [7, 11) is 0. The van der Waals surface area contributed by atoms with Crippen LogP contribution in [0.2, 0.25) is 0 Å². The number of ether oxygens (including phenoxy) is 2. The summed E-state index contributed by atoms with van der Waals surface area (Å²) in [6.07, 6.45) is -2.87. The Morgan fingerprint density at radius 3 is 2.59 bits per heavy atom. The Kier molecular flexibility index (Phi) is 5.41. The maximum Gasteiger partial charge on any atom is 0.418 e. The molecule has 0 saturated heterocycles. The summed E-state index contributed by atoms with van der Waals surface area (Å²) < 4.78 is 79.7. The number of halogens is 5. The van der Waals surface area contributed by atoms with Gasteiger partial charge in [-0.2, -0.15) is 13.2 Å². The Bertz CT molecular complexity index is 1170. The number of nitrogens with zero attached hydrogens (tertiary/aromatic N) is 2. The van der Waals surface area contributed by atoms with Crippen LogP contribution in [0, 0.1) is 17.0 Å². The first-order chi connectivity index (χ1) is 15.1. The quantitative estimate of drug-likeness (QED) is 0.505. The molecule has 0 fully saturated rings. The zero-order valence-electron chi connectivity index (χ0n) is 16.6. The van der Waals surface area contributed by atoms with E-state index in [1.807, 2.05) is 0 Å². The van der Waals surface area contributed by atoms with Crippen molar-refractivity contribution < 1.29 is 36.5 Å². The van der Waals surface area contributed by atoms with E-state index in [4.69, 9.17) is 9.47 Å². The number of alkyl halides is 3. The van der Waals surface area contributed by atoms with Gasteiger partial charge in [0.25, 0.3) is 6.02 Å². The van der Waals surface area contributed by atoms with E-state index in [1.165, 1.54) is 0 Å². The van der Waals surface area contributed by atoms with E-state index < -0.39 is 45.7 Å². The predicted octanol–water partition coefficient (Wildman–Crippen LogP) is 4.45. The highest BCUT2D eigenvalue weighted by molar-refractivity contribution is 5.90. The molecule has 2 aromatic heterocycles. The molecule has 0 spiro atoms. The Morgan fingerprint density at radius 2 is 2.00 bits per heavy atom. The lowest BCUT2D eigenvalue weighted by Gasteiger charge is -2.30. The zero-order chi connectivity index (χ0) is 23.1. The number of anilines is 1. The Morgan fingerprint density at radius 1 is 1.28 bits per heavy atom. The second-order valence-corrected chi connectivity index (χ2v) is 7.61. The minimum absolute atomic E-state index is 0.0152. The van der Waals surface area contributed by atoms with Gasteiger partial charge in [0.2, 0.25) is 0 Å². The van der Waals surface area contributed by atoms with Crippen LogP contribution in [0.1, 0.15) is 12.5 Å². The molecule has 0 saturated carbocycles. The van der Waals surface area contributed by atoms with Crippen LogP contribution in [0.5, 0.6) is 11.5 Å². The van der Waals surface area contributed by atoms with Gasteiger partial charge in [0.05, 0.1) is 24.1 Å². The van der Waals surface area contributed by atoms with Gasteiger partial charge in [-0.25, -0.2) is 18.8 Å². The number of hydrogen-bond acceptors (Lipinski definition) is 6. The molecule has 170 valence electrons. The van der Waals surface area contributed by atoms with Gasteiger partial charge in [-0.1, -0.05) is 6.92 Å². The number of nitrogens with one attached hydrogen (secondary N) is 2. The third-order valence-electron chi connectivity index (χ3n) is 4.85. The number of aromatic nitrogens is 2. The molecule has 0 radical (unpaired) electrons. The minimum Gasteiger partial charge on any atom is -0.464 e. The SMILES string of the molecule is CC1(CO)CN=C(Nc2cc(F)c(Oc3ccnc4[nH]cc(C(F)(F)F)c34)c(F)c2)OC1. The van der Waals surface area contributed by atoms with Crippen molar-refractivity contribution in [3.63, 3.8) is 0 Å². The van der Waals surface area contributed by atoms with Crippen molar-refractivity contribution in [2.24, 2.45) is 10.4 Å². The number of rotatable bonds is 4. The molecular weight excluding hydrogens is 439 g/mol. The van der Waals surface area contributed by atoms with Crippen molar-refractivity contribution in [3.05, 3.63) is 47.8 Å². The van der Waals surface area contributed by atoms with Gasteiger partial charge in [-0.05, 0) is 6.07 Å². The molecular formula is C20H17F5N4O3. The van der Waals surface area contributed by atoms with Crippen LogP contribution in [-0.4, -0.2) is 40.9 Å². The number of aliphatic imine (C=N–C) groups is 1. The van der Waals surface area contributed by atoms with Gasteiger partial charge in [-0.3, -0.25) is 0 Å². The third kappa shape index (κ3) is 4.17. The molecule has 1 unspecified atom stereocenters. The summed E-state index contributed by atoms with van der Waals surface area (Å²) in [5.41, 5.74) is -1.81. The Hall–Kier alpha value is -3.41. The van der Waals surface area contributed by atoms with Crippen LogP contribution in [0.15, 0.2) is 35.6 Å². The monoisotopic (exact) mass is 456 g/mol. The van der Waals surface area contributed by atoms with Crippen molar-refractivity contribution in [3.8, 4) is 11.5 Å². The molecule has 4 rings (SSSR count). The smallest absolute Gasteiger partial charge is 0.418 e. The number of fused-ring (bicyclic) bond motifs is 1. The van der Waals surface area contributed by atoms with Crippen molar-refractivity contribution >= 4 is 22.7 Å². The molecule has 1 aromatic carbocycles. The van der Waals surface area contributed by atoms with Crippen LogP contribution in [-0.2, 0) is 10.9 Å². The average Bonchev–Trinajstić information content (AvgIpc) is 3.18. The van der Waals surface area contributed by atoms with Crippen LogP contribution in [0.4, 0.5) is 27.6 Å². The van der Waals surface area contributed by atoms with E-state index in [9.17, 15) is 27.1 Å². The summed E-state index contributed by atoms with van der Waals surface area (Å²) in [5.74, 6) is -3.60. The highest BCUT2D eigenvalue weighted by Gasteiger charge is 2.35. The second-order valence-electron chi connectivity index (χ2n) is 7.61.